The highest BCUT2D eigenvalue weighted by atomic mass is 32.2. The van der Waals surface area contributed by atoms with E-state index in [9.17, 15) is 17.2 Å². The topological polar surface area (TPSA) is 92.4 Å². The predicted molar refractivity (Wildman–Crippen MR) is 57.6 cm³/mol. The number of anilines is 1. The summed E-state index contributed by atoms with van der Waals surface area (Å²) in [6.45, 7) is 0.863. The van der Waals surface area contributed by atoms with Crippen molar-refractivity contribution in [1.82, 2.24) is 4.72 Å². The first kappa shape index (κ1) is 13.8. The number of hydrogen-bond acceptors (Lipinski definition) is 4. The SMILES string of the molecule is C[C@@H](CO)NS(=O)(=O)c1c(F)cc(N)cc1F. The Bertz CT molecular complexity index is 496. The van der Waals surface area contributed by atoms with E-state index < -0.39 is 39.2 Å². The van der Waals surface area contributed by atoms with Crippen LogP contribution >= 0.6 is 0 Å². The number of hydrogen-bond donors (Lipinski definition) is 3. The van der Waals surface area contributed by atoms with Crippen LogP contribution in [0.2, 0.25) is 0 Å². The lowest BCUT2D eigenvalue weighted by atomic mass is 10.3. The Morgan fingerprint density at radius 1 is 1.41 bits per heavy atom. The number of halogens is 2. The minimum absolute atomic E-state index is 0.214. The lowest BCUT2D eigenvalue weighted by Gasteiger charge is -2.12. The van der Waals surface area contributed by atoms with Crippen LogP contribution in [0.3, 0.4) is 0 Å². The molecule has 0 aliphatic heterocycles. The van der Waals surface area contributed by atoms with Crippen molar-refractivity contribution in [3.8, 4) is 0 Å². The smallest absolute Gasteiger partial charge is 0.246 e. The molecule has 0 spiro atoms. The van der Waals surface area contributed by atoms with Gasteiger partial charge in [-0.25, -0.2) is 21.9 Å². The monoisotopic (exact) mass is 266 g/mol. The fourth-order valence-electron chi connectivity index (χ4n) is 1.20. The van der Waals surface area contributed by atoms with Gasteiger partial charge < -0.3 is 10.8 Å². The Hall–Kier alpha value is -1.25. The second-order valence-corrected chi connectivity index (χ2v) is 5.17. The van der Waals surface area contributed by atoms with Crippen molar-refractivity contribution >= 4 is 15.7 Å². The van der Waals surface area contributed by atoms with Gasteiger partial charge in [0.1, 0.15) is 11.6 Å². The molecule has 0 unspecified atom stereocenters. The summed E-state index contributed by atoms with van der Waals surface area (Å²) in [5.41, 5.74) is 4.95. The van der Waals surface area contributed by atoms with Crippen molar-refractivity contribution in [2.75, 3.05) is 12.3 Å². The van der Waals surface area contributed by atoms with E-state index in [1.165, 1.54) is 6.92 Å². The molecule has 8 heteroatoms. The van der Waals surface area contributed by atoms with Crippen LogP contribution in [0.5, 0.6) is 0 Å². The third kappa shape index (κ3) is 3.11. The molecule has 17 heavy (non-hydrogen) atoms. The van der Waals surface area contributed by atoms with Crippen molar-refractivity contribution in [2.24, 2.45) is 0 Å². The molecular weight excluding hydrogens is 254 g/mol. The molecule has 0 amide bonds. The standard InChI is InChI=1S/C9H12F2N2O3S/c1-5(4-14)13-17(15,16)9-7(10)2-6(12)3-8(9)11/h2-3,5,13-14H,4,12H2,1H3/t5-/m0/s1. The number of aliphatic hydroxyl groups excluding tert-OH is 1. The van der Waals surface area contributed by atoms with Crippen molar-refractivity contribution in [1.29, 1.82) is 0 Å². The van der Waals surface area contributed by atoms with Gasteiger partial charge in [0.2, 0.25) is 10.0 Å². The summed E-state index contributed by atoms with van der Waals surface area (Å²) in [6.07, 6.45) is 0. The van der Waals surface area contributed by atoms with Crippen LogP contribution in [0.1, 0.15) is 6.92 Å². The molecule has 4 N–H and O–H groups in total. The molecule has 0 radical (unpaired) electrons. The molecule has 96 valence electrons. The van der Waals surface area contributed by atoms with Gasteiger partial charge in [0.15, 0.2) is 4.90 Å². The van der Waals surface area contributed by atoms with Gasteiger partial charge in [-0.2, -0.15) is 0 Å². The van der Waals surface area contributed by atoms with E-state index in [-0.39, 0.29) is 5.69 Å². The third-order valence-electron chi connectivity index (χ3n) is 1.92. The van der Waals surface area contributed by atoms with Crippen LogP contribution in [0.4, 0.5) is 14.5 Å². The maximum absolute atomic E-state index is 13.4. The average Bonchev–Trinajstić information content (AvgIpc) is 2.14. The summed E-state index contributed by atoms with van der Waals surface area (Å²) < 4.78 is 51.9. The number of rotatable bonds is 4. The van der Waals surface area contributed by atoms with Crippen LogP contribution in [0, 0.1) is 11.6 Å². The minimum Gasteiger partial charge on any atom is -0.399 e. The molecule has 0 fully saturated rings. The van der Waals surface area contributed by atoms with E-state index in [2.05, 4.69) is 0 Å². The van der Waals surface area contributed by atoms with E-state index in [0.29, 0.717) is 12.1 Å². The number of nitrogens with two attached hydrogens (primary N) is 1. The van der Waals surface area contributed by atoms with Crippen molar-refractivity contribution < 1.29 is 22.3 Å². The molecule has 1 atom stereocenters. The minimum atomic E-state index is -4.37. The summed E-state index contributed by atoms with van der Waals surface area (Å²) >= 11 is 0. The number of benzene rings is 1. The highest BCUT2D eigenvalue weighted by Crippen LogP contribution is 2.21. The van der Waals surface area contributed by atoms with E-state index in [4.69, 9.17) is 10.8 Å². The van der Waals surface area contributed by atoms with E-state index in [1.54, 1.807) is 0 Å². The van der Waals surface area contributed by atoms with E-state index in [0.717, 1.165) is 0 Å². The van der Waals surface area contributed by atoms with Gasteiger partial charge in [-0.15, -0.1) is 0 Å². The third-order valence-corrected chi connectivity index (χ3v) is 3.56. The highest BCUT2D eigenvalue weighted by molar-refractivity contribution is 7.89. The van der Waals surface area contributed by atoms with Gasteiger partial charge in [-0.3, -0.25) is 0 Å². The fraction of sp³-hybridized carbons (Fsp3) is 0.333. The first-order valence-electron chi connectivity index (χ1n) is 4.65. The summed E-state index contributed by atoms with van der Waals surface area (Å²) in [7, 11) is -4.37. The molecule has 1 aromatic carbocycles. The lowest BCUT2D eigenvalue weighted by Crippen LogP contribution is -2.36. The molecule has 0 saturated heterocycles. The maximum Gasteiger partial charge on any atom is 0.246 e. The molecule has 0 aliphatic carbocycles. The van der Waals surface area contributed by atoms with Crippen LogP contribution in [0.25, 0.3) is 0 Å². The Morgan fingerprint density at radius 2 is 1.88 bits per heavy atom. The second kappa shape index (κ2) is 4.94. The van der Waals surface area contributed by atoms with Crippen LogP contribution in [0.15, 0.2) is 17.0 Å². The van der Waals surface area contributed by atoms with Gasteiger partial charge >= 0.3 is 0 Å². The Kier molecular flexibility index (Phi) is 4.02. The number of nitrogens with one attached hydrogen (secondary N) is 1. The fourth-order valence-corrected chi connectivity index (χ4v) is 2.55. The normalized spacial score (nSPS) is 13.6. The maximum atomic E-state index is 13.4. The molecule has 1 aromatic rings. The summed E-state index contributed by atoms with van der Waals surface area (Å²) in [6, 6.07) is 0.569. The molecule has 0 aliphatic rings. The lowest BCUT2D eigenvalue weighted by molar-refractivity contribution is 0.265. The zero-order chi connectivity index (χ0) is 13.2. The van der Waals surface area contributed by atoms with Crippen molar-refractivity contribution in [3.63, 3.8) is 0 Å². The first-order valence-corrected chi connectivity index (χ1v) is 6.14. The average molecular weight is 266 g/mol. The molecule has 5 nitrogen and oxygen atoms in total. The number of aliphatic hydroxyl groups is 1. The van der Waals surface area contributed by atoms with Gasteiger partial charge in [-0.1, -0.05) is 0 Å². The Labute approximate surface area is 97.3 Å². The largest absolute Gasteiger partial charge is 0.399 e. The molecular formula is C9H12F2N2O3S. The van der Waals surface area contributed by atoms with Crippen molar-refractivity contribution in [3.05, 3.63) is 23.8 Å². The van der Waals surface area contributed by atoms with Gasteiger partial charge in [0, 0.05) is 11.7 Å². The molecule has 0 saturated carbocycles. The van der Waals surface area contributed by atoms with E-state index in [1.807, 2.05) is 4.72 Å². The summed E-state index contributed by atoms with van der Waals surface area (Å²) in [5.74, 6) is -2.56. The molecule has 0 bridgehead atoms. The zero-order valence-corrected chi connectivity index (χ0v) is 9.76. The molecule has 0 aromatic heterocycles. The van der Waals surface area contributed by atoms with Crippen LogP contribution in [-0.4, -0.2) is 26.2 Å². The molecule has 0 heterocycles. The molecule has 1 rings (SSSR count). The van der Waals surface area contributed by atoms with Crippen LogP contribution < -0.4 is 10.5 Å². The van der Waals surface area contributed by atoms with Gasteiger partial charge in [0.05, 0.1) is 6.61 Å². The zero-order valence-electron chi connectivity index (χ0n) is 8.94. The number of nitrogen functional groups attached to an aromatic ring is 1. The van der Waals surface area contributed by atoms with Gasteiger partial charge in [-0.05, 0) is 19.1 Å². The highest BCUT2D eigenvalue weighted by Gasteiger charge is 2.25. The van der Waals surface area contributed by atoms with Gasteiger partial charge in [0.25, 0.3) is 0 Å². The predicted octanol–water partition coefficient (Wildman–Crippen LogP) is 0.206. The van der Waals surface area contributed by atoms with Crippen molar-refractivity contribution in [2.45, 2.75) is 17.9 Å². The first-order chi connectivity index (χ1) is 7.77. The Balaban J connectivity index is 3.25. The summed E-state index contributed by atoms with van der Waals surface area (Å²) in [4.78, 5) is -1.10. The van der Waals surface area contributed by atoms with E-state index >= 15 is 0 Å². The van der Waals surface area contributed by atoms with Crippen LogP contribution in [-0.2, 0) is 10.0 Å². The Morgan fingerprint density at radius 3 is 2.29 bits per heavy atom. The summed E-state index contributed by atoms with van der Waals surface area (Å²) in [5, 5.41) is 8.69. The quantitative estimate of drug-likeness (QED) is 0.679. The second-order valence-electron chi connectivity index (χ2n) is 3.52. The number of sulfonamides is 1.